The van der Waals surface area contributed by atoms with Crippen molar-refractivity contribution in [3.63, 3.8) is 0 Å². The smallest absolute Gasteiger partial charge is 0.233 e. The molecule has 7 nitrogen and oxygen atoms in total. The van der Waals surface area contributed by atoms with Gasteiger partial charge in [0.1, 0.15) is 5.82 Å². The fourth-order valence-corrected chi connectivity index (χ4v) is 4.31. The van der Waals surface area contributed by atoms with E-state index in [2.05, 4.69) is 32.5 Å². The lowest BCUT2D eigenvalue weighted by Crippen LogP contribution is -2.56. The molecule has 0 aliphatic carbocycles. The highest BCUT2D eigenvalue weighted by Crippen LogP contribution is 2.37. The third kappa shape index (κ3) is 4.05. The first-order chi connectivity index (χ1) is 14.2. The molecule has 2 aromatic rings. The Bertz CT molecular complexity index is 798. The first-order valence-corrected chi connectivity index (χ1v) is 10.5. The third-order valence-electron chi connectivity index (χ3n) is 5.98. The molecule has 2 aliphatic rings. The van der Waals surface area contributed by atoms with E-state index in [-0.39, 0.29) is 5.91 Å². The highest BCUT2D eigenvalue weighted by Gasteiger charge is 2.44. The summed E-state index contributed by atoms with van der Waals surface area (Å²) >= 11 is 0. The Morgan fingerprint density at radius 1 is 1.03 bits per heavy atom. The molecule has 0 radical (unpaired) electrons. The van der Waals surface area contributed by atoms with Crippen LogP contribution in [-0.2, 0) is 14.9 Å². The number of nitrogens with one attached hydrogen (secondary N) is 1. The molecule has 1 amide bonds. The maximum atomic E-state index is 13.7. The number of ether oxygens (including phenoxy) is 1. The van der Waals surface area contributed by atoms with Crippen molar-refractivity contribution >= 4 is 17.5 Å². The average molecular weight is 396 g/mol. The summed E-state index contributed by atoms with van der Waals surface area (Å²) in [4.78, 5) is 17.9. The van der Waals surface area contributed by atoms with Crippen LogP contribution in [0.15, 0.2) is 42.5 Å². The lowest BCUT2D eigenvalue weighted by Gasteiger charge is -2.43. The molecule has 29 heavy (non-hydrogen) atoms. The number of anilines is 2. The van der Waals surface area contributed by atoms with E-state index in [0.29, 0.717) is 26.3 Å². The van der Waals surface area contributed by atoms with E-state index in [1.165, 1.54) is 0 Å². The SMILES string of the molecule is CCNc1ccc(N2CCN(C(=O)C3(c4ccccc4)CCOCC3)CC2)nn1. The average Bonchev–Trinajstić information content (AvgIpc) is 2.80. The minimum Gasteiger partial charge on any atom is -0.381 e. The van der Waals surface area contributed by atoms with Gasteiger partial charge in [0.25, 0.3) is 0 Å². The summed E-state index contributed by atoms with van der Waals surface area (Å²) in [6.07, 6.45) is 1.49. The maximum absolute atomic E-state index is 13.7. The van der Waals surface area contributed by atoms with Crippen LogP contribution in [0.4, 0.5) is 11.6 Å². The summed E-state index contributed by atoms with van der Waals surface area (Å²) in [7, 11) is 0. The molecule has 4 rings (SSSR count). The van der Waals surface area contributed by atoms with Gasteiger partial charge >= 0.3 is 0 Å². The zero-order valence-electron chi connectivity index (χ0n) is 17.0. The van der Waals surface area contributed by atoms with Crippen LogP contribution in [-0.4, -0.2) is 66.9 Å². The standard InChI is InChI=1S/C22H29N5O2/c1-2-23-19-8-9-20(25-24-19)26-12-14-27(15-13-26)21(28)22(10-16-29-17-11-22)18-6-4-3-5-7-18/h3-9H,2,10-17H2,1H3,(H,23,24). The van der Waals surface area contributed by atoms with Gasteiger partial charge < -0.3 is 19.9 Å². The zero-order chi connectivity index (χ0) is 20.1. The summed E-state index contributed by atoms with van der Waals surface area (Å²) < 4.78 is 5.59. The Balaban J connectivity index is 1.45. The van der Waals surface area contributed by atoms with Crippen LogP contribution in [0.5, 0.6) is 0 Å². The Kier molecular flexibility index (Phi) is 5.94. The van der Waals surface area contributed by atoms with Crippen molar-refractivity contribution in [1.82, 2.24) is 15.1 Å². The van der Waals surface area contributed by atoms with Gasteiger partial charge in [-0.15, -0.1) is 10.2 Å². The Labute approximate surface area is 172 Å². The summed E-state index contributed by atoms with van der Waals surface area (Å²) in [6, 6.07) is 14.2. The number of nitrogens with zero attached hydrogens (tertiary/aromatic N) is 4. The van der Waals surface area contributed by atoms with Crippen LogP contribution in [0.2, 0.25) is 0 Å². The number of carbonyl (C=O) groups is 1. The highest BCUT2D eigenvalue weighted by molar-refractivity contribution is 5.88. The molecule has 0 bridgehead atoms. The Morgan fingerprint density at radius 2 is 1.76 bits per heavy atom. The highest BCUT2D eigenvalue weighted by atomic mass is 16.5. The van der Waals surface area contributed by atoms with Gasteiger partial charge in [0.2, 0.25) is 5.91 Å². The van der Waals surface area contributed by atoms with Crippen molar-refractivity contribution in [3.05, 3.63) is 48.0 Å². The van der Waals surface area contributed by atoms with Crippen molar-refractivity contribution in [2.45, 2.75) is 25.2 Å². The van der Waals surface area contributed by atoms with E-state index in [1.807, 2.05) is 42.2 Å². The normalized spacial score (nSPS) is 19.1. The number of amides is 1. The minimum atomic E-state index is -0.463. The predicted octanol–water partition coefficient (Wildman–Crippen LogP) is 2.31. The van der Waals surface area contributed by atoms with Gasteiger partial charge in [0.15, 0.2) is 5.82 Å². The summed E-state index contributed by atoms with van der Waals surface area (Å²) in [5.74, 6) is 1.89. The molecule has 0 saturated carbocycles. The summed E-state index contributed by atoms with van der Waals surface area (Å²) in [6.45, 7) is 7.05. The van der Waals surface area contributed by atoms with E-state index in [0.717, 1.165) is 49.7 Å². The van der Waals surface area contributed by atoms with Crippen LogP contribution < -0.4 is 10.2 Å². The van der Waals surface area contributed by atoms with E-state index >= 15 is 0 Å². The predicted molar refractivity (Wildman–Crippen MR) is 113 cm³/mol. The van der Waals surface area contributed by atoms with Crippen molar-refractivity contribution in [2.24, 2.45) is 0 Å². The lowest BCUT2D eigenvalue weighted by molar-refractivity contribution is -0.141. The number of hydrogen-bond donors (Lipinski definition) is 1. The second-order valence-electron chi connectivity index (χ2n) is 7.65. The molecular formula is C22H29N5O2. The van der Waals surface area contributed by atoms with Crippen LogP contribution in [0.25, 0.3) is 0 Å². The lowest BCUT2D eigenvalue weighted by atomic mass is 9.73. The van der Waals surface area contributed by atoms with Gasteiger partial charge in [0, 0.05) is 45.9 Å². The largest absolute Gasteiger partial charge is 0.381 e. The second kappa shape index (κ2) is 8.78. The molecule has 2 aliphatic heterocycles. The molecule has 1 N–H and O–H groups in total. The Hall–Kier alpha value is -2.67. The fourth-order valence-electron chi connectivity index (χ4n) is 4.31. The molecule has 154 valence electrons. The molecule has 1 aromatic carbocycles. The molecule has 7 heteroatoms. The minimum absolute atomic E-state index is 0.236. The molecule has 2 fully saturated rings. The van der Waals surface area contributed by atoms with Gasteiger partial charge in [-0.1, -0.05) is 30.3 Å². The molecule has 0 unspecified atom stereocenters. The molecule has 2 saturated heterocycles. The van der Waals surface area contributed by atoms with Crippen LogP contribution in [0, 0.1) is 0 Å². The van der Waals surface area contributed by atoms with Gasteiger partial charge in [0.05, 0.1) is 5.41 Å². The topological polar surface area (TPSA) is 70.6 Å². The zero-order valence-corrected chi connectivity index (χ0v) is 17.0. The number of rotatable bonds is 5. The van der Waals surface area contributed by atoms with Gasteiger partial charge in [-0.3, -0.25) is 4.79 Å². The first kappa shape index (κ1) is 19.6. The summed E-state index contributed by atoms with van der Waals surface area (Å²) in [5, 5.41) is 11.7. The molecule has 0 spiro atoms. The molecule has 0 atom stereocenters. The second-order valence-corrected chi connectivity index (χ2v) is 7.65. The van der Waals surface area contributed by atoms with Gasteiger partial charge in [-0.2, -0.15) is 0 Å². The molecule has 3 heterocycles. The van der Waals surface area contributed by atoms with Crippen LogP contribution in [0.1, 0.15) is 25.3 Å². The van der Waals surface area contributed by atoms with Crippen molar-refractivity contribution in [3.8, 4) is 0 Å². The number of benzene rings is 1. The van der Waals surface area contributed by atoms with Crippen molar-refractivity contribution in [2.75, 3.05) is 56.2 Å². The molecule has 1 aromatic heterocycles. The maximum Gasteiger partial charge on any atom is 0.233 e. The van der Waals surface area contributed by atoms with E-state index in [1.54, 1.807) is 0 Å². The number of aromatic nitrogens is 2. The first-order valence-electron chi connectivity index (χ1n) is 10.5. The number of carbonyl (C=O) groups excluding carboxylic acids is 1. The quantitative estimate of drug-likeness (QED) is 0.838. The van der Waals surface area contributed by atoms with Crippen LogP contribution >= 0.6 is 0 Å². The van der Waals surface area contributed by atoms with Crippen molar-refractivity contribution < 1.29 is 9.53 Å². The van der Waals surface area contributed by atoms with E-state index in [4.69, 9.17) is 4.74 Å². The van der Waals surface area contributed by atoms with Crippen LogP contribution in [0.3, 0.4) is 0 Å². The molecular weight excluding hydrogens is 366 g/mol. The third-order valence-corrected chi connectivity index (χ3v) is 5.98. The summed E-state index contributed by atoms with van der Waals surface area (Å²) in [5.41, 5.74) is 0.648. The van der Waals surface area contributed by atoms with E-state index in [9.17, 15) is 4.79 Å². The number of piperazine rings is 1. The van der Waals surface area contributed by atoms with E-state index < -0.39 is 5.41 Å². The monoisotopic (exact) mass is 395 g/mol. The van der Waals surface area contributed by atoms with Gasteiger partial charge in [-0.25, -0.2) is 0 Å². The Morgan fingerprint density at radius 3 is 2.38 bits per heavy atom. The number of hydrogen-bond acceptors (Lipinski definition) is 6. The van der Waals surface area contributed by atoms with Gasteiger partial charge in [-0.05, 0) is 37.5 Å². The fraction of sp³-hybridized carbons (Fsp3) is 0.500. The van der Waals surface area contributed by atoms with Crippen molar-refractivity contribution in [1.29, 1.82) is 0 Å².